The van der Waals surface area contributed by atoms with Gasteiger partial charge >= 0.3 is 6.18 Å². The third-order valence-corrected chi connectivity index (χ3v) is 6.20. The smallest absolute Gasteiger partial charge is 0.416 e. The molecule has 0 saturated carbocycles. The minimum atomic E-state index is -4.56. The molecule has 1 heterocycles. The third kappa shape index (κ3) is 5.86. The first-order valence-corrected chi connectivity index (χ1v) is 12.3. The van der Waals surface area contributed by atoms with E-state index in [1.165, 1.54) is 18.3 Å². The fourth-order valence-corrected chi connectivity index (χ4v) is 4.27. The Morgan fingerprint density at radius 1 is 0.974 bits per heavy atom. The van der Waals surface area contributed by atoms with Crippen LogP contribution < -0.4 is 10.3 Å². The number of benzene rings is 4. The molecule has 0 saturated heterocycles. The number of aromatic nitrogens is 2. The SMILES string of the molecule is Cc1cccc(COc2ccc(Cl)cc2C=Nn2c(-c3cccc(C(F)(F)F)c3)nc3ccccc3c2=O)c1. The van der Waals surface area contributed by atoms with E-state index in [9.17, 15) is 18.0 Å². The minimum absolute atomic E-state index is 0.0368. The van der Waals surface area contributed by atoms with E-state index >= 15 is 0 Å². The summed E-state index contributed by atoms with van der Waals surface area (Å²) in [5, 5.41) is 5.05. The second-order valence-electron chi connectivity index (χ2n) is 8.85. The number of fused-ring (bicyclic) bond motifs is 1. The highest BCUT2D eigenvalue weighted by Gasteiger charge is 2.31. The Morgan fingerprint density at radius 2 is 1.77 bits per heavy atom. The predicted molar refractivity (Wildman–Crippen MR) is 146 cm³/mol. The van der Waals surface area contributed by atoms with Crippen molar-refractivity contribution in [2.75, 3.05) is 0 Å². The number of ether oxygens (including phenoxy) is 1. The third-order valence-electron chi connectivity index (χ3n) is 5.96. The largest absolute Gasteiger partial charge is 0.488 e. The molecular formula is C30H21ClF3N3O2. The van der Waals surface area contributed by atoms with Gasteiger partial charge in [-0.1, -0.05) is 65.7 Å². The van der Waals surface area contributed by atoms with E-state index in [2.05, 4.69) is 10.1 Å². The van der Waals surface area contributed by atoms with Crippen molar-refractivity contribution in [1.82, 2.24) is 9.66 Å². The molecule has 0 atom stereocenters. The molecule has 0 amide bonds. The molecule has 9 heteroatoms. The Morgan fingerprint density at radius 3 is 2.56 bits per heavy atom. The molecular weight excluding hydrogens is 527 g/mol. The summed E-state index contributed by atoms with van der Waals surface area (Å²) >= 11 is 6.23. The van der Waals surface area contributed by atoms with Crippen molar-refractivity contribution >= 4 is 28.7 Å². The monoisotopic (exact) mass is 547 g/mol. The van der Waals surface area contributed by atoms with E-state index in [0.717, 1.165) is 27.9 Å². The highest BCUT2D eigenvalue weighted by Crippen LogP contribution is 2.32. The summed E-state index contributed by atoms with van der Waals surface area (Å²) in [5.74, 6) is 0.428. The molecule has 0 aliphatic heterocycles. The number of halogens is 4. The van der Waals surface area contributed by atoms with E-state index in [1.807, 2.05) is 31.2 Å². The van der Waals surface area contributed by atoms with Crippen LogP contribution in [0.3, 0.4) is 0 Å². The van der Waals surface area contributed by atoms with E-state index in [-0.39, 0.29) is 23.4 Å². The molecule has 0 unspecified atom stereocenters. The van der Waals surface area contributed by atoms with Gasteiger partial charge in [0, 0.05) is 16.1 Å². The summed E-state index contributed by atoms with van der Waals surface area (Å²) in [7, 11) is 0. The maximum absolute atomic E-state index is 13.4. The number of para-hydroxylation sites is 1. The Bertz CT molecular complexity index is 1760. The van der Waals surface area contributed by atoms with Gasteiger partial charge in [0.05, 0.1) is 22.7 Å². The summed E-state index contributed by atoms with van der Waals surface area (Å²) < 4.78 is 47.3. The molecule has 0 radical (unpaired) electrons. The zero-order valence-corrected chi connectivity index (χ0v) is 21.4. The fourth-order valence-electron chi connectivity index (χ4n) is 4.09. The van der Waals surface area contributed by atoms with Gasteiger partial charge in [0.25, 0.3) is 5.56 Å². The number of rotatable bonds is 6. The Hall–Kier alpha value is -4.43. The first-order chi connectivity index (χ1) is 18.7. The van der Waals surface area contributed by atoms with Crippen molar-refractivity contribution in [3.05, 3.63) is 129 Å². The molecule has 5 rings (SSSR count). The normalized spacial score (nSPS) is 11.8. The van der Waals surface area contributed by atoms with Gasteiger partial charge in [0.2, 0.25) is 0 Å². The van der Waals surface area contributed by atoms with Crippen molar-refractivity contribution < 1.29 is 17.9 Å². The Balaban J connectivity index is 1.59. The van der Waals surface area contributed by atoms with Crippen molar-refractivity contribution in [1.29, 1.82) is 0 Å². The van der Waals surface area contributed by atoms with Crippen molar-refractivity contribution in [3.63, 3.8) is 0 Å². The quantitative estimate of drug-likeness (QED) is 0.207. The molecule has 39 heavy (non-hydrogen) atoms. The number of nitrogens with zero attached hydrogens (tertiary/aromatic N) is 3. The van der Waals surface area contributed by atoms with Crippen LogP contribution in [0.5, 0.6) is 5.75 Å². The van der Waals surface area contributed by atoms with Crippen molar-refractivity contribution in [2.45, 2.75) is 19.7 Å². The highest BCUT2D eigenvalue weighted by molar-refractivity contribution is 6.30. The van der Waals surface area contributed by atoms with E-state index in [4.69, 9.17) is 16.3 Å². The lowest BCUT2D eigenvalue weighted by Gasteiger charge is -2.13. The number of alkyl halides is 3. The van der Waals surface area contributed by atoms with Gasteiger partial charge in [-0.15, -0.1) is 0 Å². The molecule has 4 aromatic carbocycles. The fraction of sp³-hybridized carbons (Fsp3) is 0.100. The Kier molecular flexibility index (Phi) is 7.21. The zero-order valence-electron chi connectivity index (χ0n) is 20.6. The Labute approximate surface area is 226 Å². The van der Waals surface area contributed by atoms with E-state index in [1.54, 1.807) is 42.5 Å². The van der Waals surface area contributed by atoms with E-state index in [0.29, 0.717) is 21.9 Å². The molecule has 0 N–H and O–H groups in total. The van der Waals surface area contributed by atoms with Crippen molar-refractivity contribution in [3.8, 4) is 17.1 Å². The number of aryl methyl sites for hydroxylation is 1. The maximum atomic E-state index is 13.4. The molecule has 5 nitrogen and oxygen atoms in total. The van der Waals surface area contributed by atoms with Crippen LogP contribution in [0.15, 0.2) is 101 Å². The van der Waals surface area contributed by atoms with Crippen LogP contribution in [0.2, 0.25) is 5.02 Å². The predicted octanol–water partition coefficient (Wildman–Crippen LogP) is 7.51. The lowest BCUT2D eigenvalue weighted by Crippen LogP contribution is -2.20. The standard InChI is InChI=1S/C30H21ClF3N3O2/c1-19-6-4-7-20(14-19)18-39-27-13-12-24(31)16-22(27)17-35-37-28(21-8-5-9-23(15-21)30(32,33)34)36-26-11-3-2-10-25(26)29(37)38/h2-17H,18H2,1H3. The zero-order chi connectivity index (χ0) is 27.6. The second kappa shape index (κ2) is 10.7. The van der Waals surface area contributed by atoms with Gasteiger partial charge in [0.1, 0.15) is 12.4 Å². The van der Waals surface area contributed by atoms with Gasteiger partial charge < -0.3 is 4.74 Å². The minimum Gasteiger partial charge on any atom is -0.488 e. The molecule has 5 aromatic rings. The second-order valence-corrected chi connectivity index (χ2v) is 9.29. The van der Waals surface area contributed by atoms with Gasteiger partial charge in [-0.2, -0.15) is 22.9 Å². The summed E-state index contributed by atoms with van der Waals surface area (Å²) in [6, 6.07) is 24.1. The van der Waals surface area contributed by atoms with Gasteiger partial charge in [0.15, 0.2) is 5.82 Å². The topological polar surface area (TPSA) is 56.5 Å². The summed E-state index contributed by atoms with van der Waals surface area (Å²) in [6.07, 6.45) is -3.18. The summed E-state index contributed by atoms with van der Waals surface area (Å²) in [6.45, 7) is 2.28. The molecule has 0 aliphatic rings. The molecule has 0 spiro atoms. The lowest BCUT2D eigenvalue weighted by molar-refractivity contribution is -0.137. The van der Waals surface area contributed by atoms with Crippen molar-refractivity contribution in [2.24, 2.45) is 5.10 Å². The van der Waals surface area contributed by atoms with E-state index < -0.39 is 17.3 Å². The first kappa shape index (κ1) is 26.2. The highest BCUT2D eigenvalue weighted by atomic mass is 35.5. The number of hydrogen-bond donors (Lipinski definition) is 0. The van der Waals surface area contributed by atoms with Crippen LogP contribution in [0, 0.1) is 6.92 Å². The number of hydrogen-bond acceptors (Lipinski definition) is 4. The van der Waals surface area contributed by atoms with Crippen LogP contribution in [0.25, 0.3) is 22.3 Å². The molecule has 1 aromatic heterocycles. The first-order valence-electron chi connectivity index (χ1n) is 11.9. The lowest BCUT2D eigenvalue weighted by atomic mass is 10.1. The molecule has 0 fully saturated rings. The van der Waals surface area contributed by atoms with Gasteiger partial charge in [-0.25, -0.2) is 4.98 Å². The van der Waals surface area contributed by atoms with Gasteiger partial charge in [-0.05, 0) is 55.0 Å². The molecule has 0 aliphatic carbocycles. The van der Waals surface area contributed by atoms with Crippen LogP contribution in [-0.2, 0) is 12.8 Å². The van der Waals surface area contributed by atoms with Crippen LogP contribution in [0.1, 0.15) is 22.3 Å². The molecule has 196 valence electrons. The molecule has 0 bridgehead atoms. The average Bonchev–Trinajstić information content (AvgIpc) is 2.91. The van der Waals surface area contributed by atoms with Crippen LogP contribution in [-0.4, -0.2) is 15.9 Å². The van der Waals surface area contributed by atoms with Gasteiger partial charge in [-0.3, -0.25) is 4.79 Å². The summed E-state index contributed by atoms with van der Waals surface area (Å²) in [4.78, 5) is 17.9. The summed E-state index contributed by atoms with van der Waals surface area (Å²) in [5.41, 5.74) is 1.57. The maximum Gasteiger partial charge on any atom is 0.416 e. The van der Waals surface area contributed by atoms with Crippen LogP contribution >= 0.6 is 11.6 Å². The average molecular weight is 548 g/mol. The van der Waals surface area contributed by atoms with Crippen LogP contribution in [0.4, 0.5) is 13.2 Å².